The maximum atomic E-state index is 11.8. The first kappa shape index (κ1) is 14.8. The van der Waals surface area contributed by atoms with E-state index in [0.717, 1.165) is 5.56 Å². The quantitative estimate of drug-likeness (QED) is 0.604. The van der Waals surface area contributed by atoms with E-state index in [1.54, 1.807) is 11.8 Å². The molecule has 0 atom stereocenters. The summed E-state index contributed by atoms with van der Waals surface area (Å²) in [6.45, 7) is 0. The highest BCUT2D eigenvalue weighted by molar-refractivity contribution is 8.26. The van der Waals surface area contributed by atoms with Crippen molar-refractivity contribution < 1.29 is 4.79 Å². The number of carbonyl (C=O) groups is 1. The lowest BCUT2D eigenvalue weighted by Crippen LogP contribution is -2.17. The third-order valence-corrected chi connectivity index (χ3v) is 6.01. The third kappa shape index (κ3) is 2.67. The summed E-state index contributed by atoms with van der Waals surface area (Å²) < 4.78 is 0.516. The van der Waals surface area contributed by atoms with Crippen LogP contribution in [-0.4, -0.2) is 17.3 Å². The number of nitrogens with one attached hydrogen (secondary N) is 1. The van der Waals surface area contributed by atoms with Gasteiger partial charge in [-0.05, 0) is 35.9 Å². The molecule has 0 saturated carbocycles. The van der Waals surface area contributed by atoms with Crippen LogP contribution in [0, 0.1) is 0 Å². The van der Waals surface area contributed by atoms with E-state index >= 15 is 0 Å². The van der Waals surface area contributed by atoms with Crippen molar-refractivity contribution in [3.63, 3.8) is 0 Å². The molecule has 2 aromatic carbocycles. The van der Waals surface area contributed by atoms with Crippen molar-refractivity contribution >= 4 is 63.4 Å². The molecule has 0 radical (unpaired) electrons. The van der Waals surface area contributed by atoms with Gasteiger partial charge in [0.15, 0.2) is 0 Å². The van der Waals surface area contributed by atoms with Crippen LogP contribution in [0.4, 0.5) is 11.4 Å². The average Bonchev–Trinajstić information content (AvgIpc) is 2.85. The largest absolute Gasteiger partial charge is 0.343 e. The Morgan fingerprint density at radius 1 is 1.09 bits per heavy atom. The van der Waals surface area contributed by atoms with Crippen LogP contribution in [0.5, 0.6) is 0 Å². The second-order valence-corrected chi connectivity index (χ2v) is 8.01. The van der Waals surface area contributed by atoms with Gasteiger partial charge in [-0.15, -0.1) is 0 Å². The fourth-order valence-corrected chi connectivity index (χ4v) is 4.86. The lowest BCUT2D eigenvalue weighted by molar-refractivity contribution is -0.115. The number of para-hydroxylation sites is 1. The maximum absolute atomic E-state index is 11.8. The summed E-state index contributed by atoms with van der Waals surface area (Å²) >= 11 is 8.09. The van der Waals surface area contributed by atoms with Crippen molar-refractivity contribution in [1.82, 2.24) is 5.32 Å². The van der Waals surface area contributed by atoms with Gasteiger partial charge in [-0.2, -0.15) is 0 Å². The lowest BCUT2D eigenvalue weighted by Gasteiger charge is -2.29. The van der Waals surface area contributed by atoms with E-state index in [1.807, 2.05) is 12.1 Å². The van der Waals surface area contributed by atoms with Crippen molar-refractivity contribution in [3.8, 4) is 0 Å². The second-order valence-electron chi connectivity index (χ2n) is 5.21. The molecule has 3 nitrogen and oxygen atoms in total. The van der Waals surface area contributed by atoms with Crippen molar-refractivity contribution in [2.24, 2.45) is 0 Å². The predicted octanol–water partition coefficient (Wildman–Crippen LogP) is 4.41. The molecular weight excluding hydrogens is 344 g/mol. The minimum atomic E-state index is -0.118. The summed E-state index contributed by atoms with van der Waals surface area (Å²) in [5.41, 5.74) is 3.40. The zero-order chi connectivity index (χ0) is 16.0. The van der Waals surface area contributed by atoms with Crippen LogP contribution in [0.2, 0.25) is 0 Å². The summed E-state index contributed by atoms with van der Waals surface area (Å²) in [5.74, 6) is -0.118. The van der Waals surface area contributed by atoms with Gasteiger partial charge in [-0.1, -0.05) is 53.9 Å². The average molecular weight is 356 g/mol. The Morgan fingerprint density at radius 3 is 2.65 bits per heavy atom. The highest BCUT2D eigenvalue weighted by Crippen LogP contribution is 2.47. The molecule has 1 amide bonds. The van der Waals surface area contributed by atoms with Gasteiger partial charge in [-0.3, -0.25) is 4.79 Å². The second kappa shape index (κ2) is 5.70. The SMILES string of the molecule is CN1c2ccccc2Sc2cc(/C=C3\SC(=S)NC3=O)ccc21. The van der Waals surface area contributed by atoms with Crippen LogP contribution in [0.1, 0.15) is 5.56 Å². The summed E-state index contributed by atoms with van der Waals surface area (Å²) in [6.07, 6.45) is 1.89. The number of anilines is 2. The van der Waals surface area contributed by atoms with E-state index in [0.29, 0.717) is 9.23 Å². The Kier molecular flexibility index (Phi) is 3.67. The molecule has 0 aliphatic carbocycles. The molecule has 0 unspecified atom stereocenters. The molecule has 6 heteroatoms. The van der Waals surface area contributed by atoms with Crippen molar-refractivity contribution in [2.45, 2.75) is 9.79 Å². The Morgan fingerprint density at radius 2 is 1.87 bits per heavy atom. The molecule has 0 bridgehead atoms. The summed E-state index contributed by atoms with van der Waals surface area (Å²) in [5, 5.41) is 2.64. The predicted molar refractivity (Wildman–Crippen MR) is 101 cm³/mol. The number of fused-ring (bicyclic) bond motifs is 2. The normalized spacial score (nSPS) is 18.0. The topological polar surface area (TPSA) is 32.3 Å². The first-order chi connectivity index (χ1) is 11.1. The van der Waals surface area contributed by atoms with E-state index in [1.165, 1.54) is 32.9 Å². The van der Waals surface area contributed by atoms with E-state index < -0.39 is 0 Å². The van der Waals surface area contributed by atoms with Crippen LogP contribution in [-0.2, 0) is 4.79 Å². The Bertz CT molecular complexity index is 876. The van der Waals surface area contributed by atoms with Crippen LogP contribution in [0.25, 0.3) is 6.08 Å². The van der Waals surface area contributed by atoms with Gasteiger partial charge in [-0.25, -0.2) is 0 Å². The maximum Gasteiger partial charge on any atom is 0.263 e. The Hall–Kier alpha value is -1.76. The van der Waals surface area contributed by atoms with Crippen molar-refractivity contribution in [1.29, 1.82) is 0 Å². The molecule has 1 fully saturated rings. The summed E-state index contributed by atoms with van der Waals surface area (Å²) in [6, 6.07) is 14.6. The number of carbonyl (C=O) groups excluding carboxylic acids is 1. The van der Waals surface area contributed by atoms with Gasteiger partial charge in [0, 0.05) is 16.8 Å². The van der Waals surface area contributed by atoms with Crippen LogP contribution < -0.4 is 10.2 Å². The van der Waals surface area contributed by atoms with Gasteiger partial charge in [0.25, 0.3) is 5.91 Å². The fourth-order valence-electron chi connectivity index (χ4n) is 2.62. The van der Waals surface area contributed by atoms with Gasteiger partial charge < -0.3 is 10.2 Å². The number of nitrogens with zero attached hydrogens (tertiary/aromatic N) is 1. The van der Waals surface area contributed by atoms with E-state index in [9.17, 15) is 4.79 Å². The fraction of sp³-hybridized carbons (Fsp3) is 0.0588. The van der Waals surface area contributed by atoms with E-state index in [2.05, 4.69) is 53.7 Å². The molecule has 2 heterocycles. The number of amides is 1. The number of hydrogen-bond acceptors (Lipinski definition) is 5. The zero-order valence-corrected chi connectivity index (χ0v) is 14.6. The minimum absolute atomic E-state index is 0.118. The molecule has 0 spiro atoms. The number of hydrogen-bond donors (Lipinski definition) is 1. The van der Waals surface area contributed by atoms with Crippen LogP contribution in [0.15, 0.2) is 57.2 Å². The summed E-state index contributed by atoms with van der Waals surface area (Å²) in [7, 11) is 2.08. The summed E-state index contributed by atoms with van der Waals surface area (Å²) in [4.78, 5) is 17.1. The van der Waals surface area contributed by atoms with Crippen LogP contribution >= 0.6 is 35.7 Å². The molecular formula is C17H12N2OS3. The Balaban J connectivity index is 1.72. The van der Waals surface area contributed by atoms with E-state index in [4.69, 9.17) is 12.2 Å². The Labute approximate surface area is 148 Å². The highest BCUT2D eigenvalue weighted by atomic mass is 32.2. The molecule has 2 aliphatic heterocycles. The van der Waals surface area contributed by atoms with Crippen molar-refractivity contribution in [3.05, 3.63) is 52.9 Å². The standard InChI is InChI=1S/C17H12N2OS3/c1-19-11-4-2-3-5-13(11)22-14-8-10(6-7-12(14)19)9-15-16(20)18-17(21)23-15/h2-9H,1H3,(H,18,20,21)/b15-9-. The molecule has 23 heavy (non-hydrogen) atoms. The van der Waals surface area contributed by atoms with Crippen molar-refractivity contribution in [2.75, 3.05) is 11.9 Å². The lowest BCUT2D eigenvalue weighted by atomic mass is 10.1. The number of benzene rings is 2. The molecule has 1 N–H and O–H groups in total. The third-order valence-electron chi connectivity index (χ3n) is 3.73. The first-order valence-electron chi connectivity index (χ1n) is 7.01. The molecule has 2 aliphatic rings. The molecule has 4 rings (SSSR count). The number of thioether (sulfide) groups is 1. The minimum Gasteiger partial charge on any atom is -0.343 e. The number of rotatable bonds is 1. The van der Waals surface area contributed by atoms with Gasteiger partial charge in [0.2, 0.25) is 0 Å². The van der Waals surface area contributed by atoms with Gasteiger partial charge in [0.05, 0.1) is 16.3 Å². The first-order valence-corrected chi connectivity index (χ1v) is 9.05. The molecule has 0 aromatic heterocycles. The van der Waals surface area contributed by atoms with Crippen LogP contribution in [0.3, 0.4) is 0 Å². The number of thiocarbonyl (C=S) groups is 1. The smallest absolute Gasteiger partial charge is 0.263 e. The monoisotopic (exact) mass is 356 g/mol. The molecule has 2 aromatic rings. The highest BCUT2D eigenvalue weighted by Gasteiger charge is 2.23. The molecule has 1 saturated heterocycles. The van der Waals surface area contributed by atoms with Gasteiger partial charge >= 0.3 is 0 Å². The molecule has 114 valence electrons. The zero-order valence-electron chi connectivity index (χ0n) is 12.2. The van der Waals surface area contributed by atoms with Gasteiger partial charge in [0.1, 0.15) is 4.32 Å². The van der Waals surface area contributed by atoms with E-state index in [-0.39, 0.29) is 5.91 Å².